The Bertz CT molecular complexity index is 678. The molecule has 152 valence electrons. The van der Waals surface area contributed by atoms with E-state index in [0.29, 0.717) is 19.5 Å². The fraction of sp³-hybridized carbons (Fsp3) is 0.688. The lowest BCUT2D eigenvalue weighted by Gasteiger charge is -2.40. The van der Waals surface area contributed by atoms with Crippen molar-refractivity contribution < 1.29 is 27.9 Å². The average molecular weight is 402 g/mol. The summed E-state index contributed by atoms with van der Waals surface area (Å²) in [5.74, 6) is -0.861. The summed E-state index contributed by atoms with van der Waals surface area (Å²) >= 11 is 0. The number of hydrogen-bond donors (Lipinski definition) is 2. The molecular formula is C16H27N4O6P. The molecule has 1 aromatic heterocycles. The summed E-state index contributed by atoms with van der Waals surface area (Å²) in [6, 6.07) is 0. The van der Waals surface area contributed by atoms with E-state index in [1.165, 1.54) is 7.11 Å². The molecule has 2 rings (SSSR count). The van der Waals surface area contributed by atoms with Crippen LogP contribution in [0.15, 0.2) is 18.7 Å². The topological polar surface area (TPSA) is 121 Å². The predicted octanol–water partition coefficient (Wildman–Crippen LogP) is 1.09. The Kier molecular flexibility index (Phi) is 7.55. The van der Waals surface area contributed by atoms with Gasteiger partial charge in [0.05, 0.1) is 26.5 Å². The van der Waals surface area contributed by atoms with Gasteiger partial charge in [-0.1, -0.05) is 13.8 Å². The van der Waals surface area contributed by atoms with E-state index in [0.717, 1.165) is 0 Å². The summed E-state index contributed by atoms with van der Waals surface area (Å²) in [4.78, 5) is 27.6. The van der Waals surface area contributed by atoms with Gasteiger partial charge >= 0.3 is 13.7 Å². The Balaban J connectivity index is 1.85. The first-order valence-corrected chi connectivity index (χ1v) is 10.3. The van der Waals surface area contributed by atoms with E-state index in [4.69, 9.17) is 9.05 Å². The number of carbonyl (C=O) groups excluding carboxylic acids is 2. The van der Waals surface area contributed by atoms with Crippen molar-refractivity contribution >= 4 is 19.6 Å². The highest BCUT2D eigenvalue weighted by Gasteiger charge is 2.47. The normalized spacial score (nSPS) is 24.3. The van der Waals surface area contributed by atoms with Gasteiger partial charge in [0.15, 0.2) is 6.10 Å². The van der Waals surface area contributed by atoms with Crippen LogP contribution in [0, 0.1) is 5.41 Å². The van der Waals surface area contributed by atoms with Crippen LogP contribution in [0.25, 0.3) is 0 Å². The zero-order valence-corrected chi connectivity index (χ0v) is 16.7. The fourth-order valence-corrected chi connectivity index (χ4v) is 4.32. The molecule has 1 amide bonds. The van der Waals surface area contributed by atoms with Crippen molar-refractivity contribution in [3.63, 3.8) is 0 Å². The molecule has 1 fully saturated rings. The molecule has 1 aromatic rings. The van der Waals surface area contributed by atoms with Gasteiger partial charge in [0.25, 0.3) is 0 Å². The van der Waals surface area contributed by atoms with E-state index in [1.54, 1.807) is 26.4 Å². The molecule has 2 N–H and O–H groups in total. The number of nitrogens with one attached hydrogen (secondary N) is 2. The van der Waals surface area contributed by atoms with Gasteiger partial charge in [0.1, 0.15) is 0 Å². The van der Waals surface area contributed by atoms with Gasteiger partial charge < -0.3 is 14.6 Å². The van der Waals surface area contributed by atoms with Crippen LogP contribution < -0.4 is 10.4 Å². The molecule has 0 aliphatic carbocycles. The molecule has 0 spiro atoms. The Morgan fingerprint density at radius 3 is 2.85 bits per heavy atom. The molecule has 0 bridgehead atoms. The smallest absolute Gasteiger partial charge is 0.406 e. The highest BCUT2D eigenvalue weighted by molar-refractivity contribution is 7.51. The number of carbonyl (C=O) groups is 2. The summed E-state index contributed by atoms with van der Waals surface area (Å²) < 4.78 is 30.2. The van der Waals surface area contributed by atoms with Crippen molar-refractivity contribution in [3.8, 4) is 0 Å². The van der Waals surface area contributed by atoms with E-state index in [-0.39, 0.29) is 19.6 Å². The number of rotatable bonds is 9. The zero-order chi connectivity index (χ0) is 19.9. The van der Waals surface area contributed by atoms with Crippen LogP contribution in [-0.4, -0.2) is 54.3 Å². The van der Waals surface area contributed by atoms with Gasteiger partial charge in [-0.15, -0.1) is 0 Å². The first-order valence-electron chi connectivity index (χ1n) is 8.74. The van der Waals surface area contributed by atoms with Gasteiger partial charge in [-0.3, -0.25) is 18.6 Å². The van der Waals surface area contributed by atoms with Crippen LogP contribution in [0.2, 0.25) is 0 Å². The van der Waals surface area contributed by atoms with Crippen molar-refractivity contribution in [1.82, 2.24) is 20.0 Å². The number of ether oxygens (including phenoxy) is 1. The first kappa shape index (κ1) is 21.6. The molecule has 1 saturated heterocycles. The quantitative estimate of drug-likeness (QED) is 0.358. The Labute approximate surface area is 158 Å². The lowest BCUT2D eigenvalue weighted by atomic mass is 9.87. The molecule has 2 heterocycles. The maximum absolute atomic E-state index is 12.8. The molecular weight excluding hydrogens is 375 g/mol. The Morgan fingerprint density at radius 2 is 2.19 bits per heavy atom. The number of imidazole rings is 1. The van der Waals surface area contributed by atoms with Crippen LogP contribution in [0.1, 0.15) is 26.7 Å². The summed E-state index contributed by atoms with van der Waals surface area (Å²) in [5.41, 5.74) is -0.665. The number of esters is 1. The van der Waals surface area contributed by atoms with Gasteiger partial charge in [-0.05, 0) is 6.42 Å². The van der Waals surface area contributed by atoms with Gasteiger partial charge in [-0.2, -0.15) is 0 Å². The number of aryl methyl sites for hydroxylation is 1. The van der Waals surface area contributed by atoms with Crippen molar-refractivity contribution in [2.45, 2.75) is 39.3 Å². The zero-order valence-electron chi connectivity index (χ0n) is 15.8. The minimum Gasteiger partial charge on any atom is -0.469 e. The fourth-order valence-electron chi connectivity index (χ4n) is 2.50. The van der Waals surface area contributed by atoms with Gasteiger partial charge in [0.2, 0.25) is 5.91 Å². The third-order valence-corrected chi connectivity index (χ3v) is 5.68. The molecule has 0 saturated carbocycles. The number of hydrogen-bond acceptors (Lipinski definition) is 7. The molecule has 11 heteroatoms. The molecule has 1 aliphatic heterocycles. The van der Waals surface area contributed by atoms with E-state index >= 15 is 0 Å². The third kappa shape index (κ3) is 6.42. The second kappa shape index (κ2) is 9.45. The molecule has 1 unspecified atom stereocenters. The lowest BCUT2D eigenvalue weighted by Crippen LogP contribution is -2.50. The SMILES string of the molecule is COC(=O)CCNC(=O)[C@@H]1OP(=O)(NCCCn2ccnc2)OCC1(C)C. The van der Waals surface area contributed by atoms with Crippen LogP contribution in [0.4, 0.5) is 0 Å². The number of amides is 1. The average Bonchev–Trinajstić information content (AvgIpc) is 3.14. The molecule has 2 atom stereocenters. The molecule has 0 aromatic carbocycles. The number of nitrogens with zero attached hydrogens (tertiary/aromatic N) is 2. The maximum Gasteiger partial charge on any atom is 0.406 e. The summed E-state index contributed by atoms with van der Waals surface area (Å²) in [6.07, 6.45) is 5.01. The predicted molar refractivity (Wildman–Crippen MR) is 96.7 cm³/mol. The van der Waals surface area contributed by atoms with Crippen LogP contribution in [0.5, 0.6) is 0 Å². The van der Waals surface area contributed by atoms with E-state index in [1.807, 2.05) is 10.8 Å². The highest BCUT2D eigenvalue weighted by atomic mass is 31.2. The Morgan fingerprint density at radius 1 is 1.41 bits per heavy atom. The number of methoxy groups -OCH3 is 1. The van der Waals surface area contributed by atoms with Crippen LogP contribution >= 0.6 is 7.75 Å². The molecule has 10 nitrogen and oxygen atoms in total. The lowest BCUT2D eigenvalue weighted by molar-refractivity contribution is -0.141. The second-order valence-corrected chi connectivity index (χ2v) is 8.70. The maximum atomic E-state index is 12.8. The van der Waals surface area contributed by atoms with Crippen molar-refractivity contribution in [2.24, 2.45) is 5.41 Å². The van der Waals surface area contributed by atoms with Crippen LogP contribution in [0.3, 0.4) is 0 Å². The Hall–Kier alpha value is -1.74. The third-order valence-electron chi connectivity index (χ3n) is 4.11. The van der Waals surface area contributed by atoms with E-state index < -0.39 is 31.1 Å². The summed E-state index contributed by atoms with van der Waals surface area (Å²) in [7, 11) is -2.31. The molecule has 1 aliphatic rings. The monoisotopic (exact) mass is 402 g/mol. The van der Waals surface area contributed by atoms with Gasteiger partial charge in [0, 0.05) is 37.4 Å². The number of aromatic nitrogens is 2. The first-order chi connectivity index (χ1) is 12.8. The largest absolute Gasteiger partial charge is 0.469 e. The van der Waals surface area contributed by atoms with Crippen LogP contribution in [-0.2, 0) is 34.5 Å². The van der Waals surface area contributed by atoms with E-state index in [2.05, 4.69) is 20.1 Å². The summed E-state index contributed by atoms with van der Waals surface area (Å²) in [5, 5.41) is 5.41. The van der Waals surface area contributed by atoms with Crippen molar-refractivity contribution in [1.29, 1.82) is 0 Å². The minimum atomic E-state index is -3.59. The van der Waals surface area contributed by atoms with E-state index in [9.17, 15) is 14.2 Å². The second-order valence-electron chi connectivity index (χ2n) is 6.92. The summed E-state index contributed by atoms with van der Waals surface area (Å²) in [6.45, 7) is 4.90. The minimum absolute atomic E-state index is 0.0516. The molecule has 0 radical (unpaired) electrons. The van der Waals surface area contributed by atoms with Crippen molar-refractivity contribution in [2.75, 3.05) is 26.8 Å². The van der Waals surface area contributed by atoms with Gasteiger partial charge in [-0.25, -0.2) is 14.6 Å². The molecule has 27 heavy (non-hydrogen) atoms. The van der Waals surface area contributed by atoms with Crippen molar-refractivity contribution in [3.05, 3.63) is 18.7 Å². The highest BCUT2D eigenvalue weighted by Crippen LogP contribution is 2.53. The standard InChI is InChI=1S/C16H27N4O6P/c1-16(2)11-25-27(23,19-6-4-9-20-10-8-17-12-20)26-14(16)15(22)18-7-5-13(21)24-3/h8,10,12,14H,4-7,9,11H2,1-3H3,(H,18,22)(H,19,23)/t14-,27?/m0/s1.